The van der Waals surface area contributed by atoms with Crippen LogP contribution in [0.2, 0.25) is 0 Å². The van der Waals surface area contributed by atoms with E-state index in [2.05, 4.69) is 42.2 Å². The minimum atomic E-state index is -0.380. The van der Waals surface area contributed by atoms with Crippen LogP contribution < -0.4 is 5.32 Å². The van der Waals surface area contributed by atoms with Crippen molar-refractivity contribution in [1.82, 2.24) is 5.32 Å². The Balaban J connectivity index is 1.60. The predicted molar refractivity (Wildman–Crippen MR) is 94.5 cm³/mol. The van der Waals surface area contributed by atoms with Crippen molar-refractivity contribution in [3.8, 4) is 0 Å². The van der Waals surface area contributed by atoms with Crippen molar-refractivity contribution in [3.63, 3.8) is 0 Å². The average Bonchev–Trinajstić information content (AvgIpc) is 2.58. The molecule has 0 heterocycles. The summed E-state index contributed by atoms with van der Waals surface area (Å²) in [5, 5.41) is 2.75. The van der Waals surface area contributed by atoms with Crippen molar-refractivity contribution < 1.29 is 9.53 Å². The molecule has 0 radical (unpaired) electrons. The lowest BCUT2D eigenvalue weighted by atomic mass is 10.2. The van der Waals surface area contributed by atoms with E-state index in [4.69, 9.17) is 4.74 Å². The number of hydrogen-bond acceptors (Lipinski definition) is 4. The molecule has 2 rings (SSSR count). The van der Waals surface area contributed by atoms with Gasteiger partial charge in [-0.3, -0.25) is 0 Å². The van der Waals surface area contributed by atoms with Gasteiger partial charge in [-0.15, -0.1) is 11.8 Å². The van der Waals surface area contributed by atoms with Crippen molar-refractivity contribution in [3.05, 3.63) is 65.7 Å². The van der Waals surface area contributed by atoms with Crippen molar-refractivity contribution in [2.24, 2.45) is 0 Å². The second kappa shape index (κ2) is 9.43. The summed E-state index contributed by atoms with van der Waals surface area (Å²) in [5.74, 6) is 1.56. The molecule has 0 aromatic heterocycles. The van der Waals surface area contributed by atoms with Gasteiger partial charge < -0.3 is 10.1 Å². The summed E-state index contributed by atoms with van der Waals surface area (Å²) in [6, 6.07) is 17.9. The zero-order valence-electron chi connectivity index (χ0n) is 12.2. The highest BCUT2D eigenvalue weighted by Crippen LogP contribution is 2.18. The Labute approximate surface area is 140 Å². The molecule has 2 aromatic carbocycles. The smallest absolute Gasteiger partial charge is 0.407 e. The Hall–Kier alpha value is -1.59. The summed E-state index contributed by atoms with van der Waals surface area (Å²) in [6.07, 6.45) is -0.380. The van der Waals surface area contributed by atoms with Crippen LogP contribution in [0.25, 0.3) is 0 Å². The van der Waals surface area contributed by atoms with Crippen LogP contribution >= 0.6 is 24.4 Å². The lowest BCUT2D eigenvalue weighted by Crippen LogP contribution is -2.26. The molecule has 0 aliphatic heterocycles. The van der Waals surface area contributed by atoms with E-state index in [1.807, 2.05) is 30.3 Å². The third-order valence-corrected chi connectivity index (χ3v) is 4.34. The van der Waals surface area contributed by atoms with Gasteiger partial charge in [0.25, 0.3) is 0 Å². The van der Waals surface area contributed by atoms with Gasteiger partial charge in [0.15, 0.2) is 0 Å². The Morgan fingerprint density at radius 1 is 1.05 bits per heavy atom. The fraction of sp³-hybridized carbons (Fsp3) is 0.235. The highest BCUT2D eigenvalue weighted by Gasteiger charge is 2.02. The molecular weight excluding hydrogens is 314 g/mol. The van der Waals surface area contributed by atoms with E-state index in [1.54, 1.807) is 11.8 Å². The van der Waals surface area contributed by atoms with E-state index >= 15 is 0 Å². The van der Waals surface area contributed by atoms with Crippen LogP contribution in [0.4, 0.5) is 4.79 Å². The van der Waals surface area contributed by atoms with E-state index in [-0.39, 0.29) is 6.09 Å². The van der Waals surface area contributed by atoms with E-state index < -0.39 is 0 Å². The number of benzene rings is 2. The quantitative estimate of drug-likeness (QED) is 0.454. The third-order valence-electron chi connectivity index (χ3n) is 2.96. The first-order chi connectivity index (χ1) is 10.8. The van der Waals surface area contributed by atoms with Crippen LogP contribution in [0.3, 0.4) is 0 Å². The van der Waals surface area contributed by atoms with Gasteiger partial charge in [-0.2, -0.15) is 12.6 Å². The molecule has 5 heteroatoms. The number of thiol groups is 1. The topological polar surface area (TPSA) is 38.3 Å². The second-order valence-corrected chi connectivity index (χ2v) is 6.12. The number of carbonyl (C=O) groups is 1. The number of amides is 1. The zero-order valence-corrected chi connectivity index (χ0v) is 13.9. The molecule has 0 bridgehead atoms. The minimum Gasteiger partial charge on any atom is -0.445 e. The molecule has 3 nitrogen and oxygen atoms in total. The lowest BCUT2D eigenvalue weighted by molar-refractivity contribution is 0.140. The van der Waals surface area contributed by atoms with Crippen LogP contribution in [-0.2, 0) is 17.1 Å². The molecule has 0 saturated heterocycles. The molecule has 1 amide bonds. The van der Waals surface area contributed by atoms with Gasteiger partial charge in [0, 0.05) is 22.9 Å². The summed E-state index contributed by atoms with van der Waals surface area (Å²) in [7, 11) is 0. The maximum atomic E-state index is 11.6. The van der Waals surface area contributed by atoms with Gasteiger partial charge in [0.2, 0.25) is 0 Å². The highest BCUT2D eigenvalue weighted by molar-refractivity contribution is 7.99. The fourth-order valence-corrected chi connectivity index (χ4v) is 2.77. The van der Waals surface area contributed by atoms with Crippen LogP contribution in [-0.4, -0.2) is 18.4 Å². The average molecular weight is 333 g/mol. The number of hydrogen-bond donors (Lipinski definition) is 2. The molecule has 1 N–H and O–H groups in total. The van der Waals surface area contributed by atoms with Crippen LogP contribution in [0.15, 0.2) is 59.5 Å². The molecule has 2 aromatic rings. The number of alkyl carbamates (subject to hydrolysis) is 1. The SMILES string of the molecule is O=C(NCCSc1ccc(CS)cc1)OCc1ccccc1. The van der Waals surface area contributed by atoms with E-state index in [1.165, 1.54) is 10.5 Å². The van der Waals surface area contributed by atoms with E-state index in [0.717, 1.165) is 17.1 Å². The Kier molecular flexibility index (Phi) is 7.19. The highest BCUT2D eigenvalue weighted by atomic mass is 32.2. The number of rotatable bonds is 7. The molecule has 0 fully saturated rings. The van der Waals surface area contributed by atoms with Gasteiger partial charge in [-0.25, -0.2) is 4.79 Å². The zero-order chi connectivity index (χ0) is 15.6. The summed E-state index contributed by atoms with van der Waals surface area (Å²) in [4.78, 5) is 12.7. The fourth-order valence-electron chi connectivity index (χ4n) is 1.79. The van der Waals surface area contributed by atoms with E-state index in [0.29, 0.717) is 13.2 Å². The maximum absolute atomic E-state index is 11.6. The van der Waals surface area contributed by atoms with Crippen molar-refractivity contribution in [2.75, 3.05) is 12.3 Å². The maximum Gasteiger partial charge on any atom is 0.407 e. The summed E-state index contributed by atoms with van der Waals surface area (Å²) in [6.45, 7) is 0.873. The van der Waals surface area contributed by atoms with Crippen molar-refractivity contribution in [1.29, 1.82) is 0 Å². The van der Waals surface area contributed by atoms with Crippen molar-refractivity contribution >= 4 is 30.5 Å². The van der Waals surface area contributed by atoms with Gasteiger partial charge >= 0.3 is 6.09 Å². The van der Waals surface area contributed by atoms with Gasteiger partial charge in [-0.1, -0.05) is 42.5 Å². The van der Waals surface area contributed by atoms with Gasteiger partial charge in [0.1, 0.15) is 6.61 Å². The number of nitrogens with one attached hydrogen (secondary N) is 1. The van der Waals surface area contributed by atoms with E-state index in [9.17, 15) is 4.79 Å². The largest absolute Gasteiger partial charge is 0.445 e. The molecule has 0 aliphatic rings. The monoisotopic (exact) mass is 333 g/mol. The van der Waals surface area contributed by atoms with Gasteiger partial charge in [0.05, 0.1) is 0 Å². The molecule has 0 unspecified atom stereocenters. The van der Waals surface area contributed by atoms with Crippen LogP contribution in [0.5, 0.6) is 0 Å². The van der Waals surface area contributed by atoms with Crippen LogP contribution in [0, 0.1) is 0 Å². The summed E-state index contributed by atoms with van der Waals surface area (Å²) < 4.78 is 5.14. The predicted octanol–water partition coefficient (Wildman–Crippen LogP) is 4.13. The Morgan fingerprint density at radius 3 is 2.45 bits per heavy atom. The molecule has 22 heavy (non-hydrogen) atoms. The lowest BCUT2D eigenvalue weighted by Gasteiger charge is -2.07. The first-order valence-corrected chi connectivity index (χ1v) is 8.67. The molecule has 0 atom stereocenters. The second-order valence-electron chi connectivity index (χ2n) is 4.64. The molecular formula is C17H19NO2S2. The molecule has 0 saturated carbocycles. The van der Waals surface area contributed by atoms with Crippen molar-refractivity contribution in [2.45, 2.75) is 17.3 Å². The molecule has 0 spiro atoms. The Bertz CT molecular complexity index is 573. The third kappa shape index (κ3) is 6.03. The summed E-state index contributed by atoms with van der Waals surface area (Å²) in [5.41, 5.74) is 2.19. The summed E-state index contributed by atoms with van der Waals surface area (Å²) >= 11 is 5.93. The van der Waals surface area contributed by atoms with Crippen LogP contribution in [0.1, 0.15) is 11.1 Å². The first-order valence-electron chi connectivity index (χ1n) is 7.05. The minimum absolute atomic E-state index is 0.297. The normalized spacial score (nSPS) is 10.2. The number of thioether (sulfide) groups is 1. The molecule has 0 aliphatic carbocycles. The Morgan fingerprint density at radius 2 is 1.77 bits per heavy atom. The first kappa shape index (κ1) is 16.8. The number of carbonyl (C=O) groups excluding carboxylic acids is 1. The molecule has 116 valence electrons. The standard InChI is InChI=1S/C17H19NO2S2/c19-17(20-12-14-4-2-1-3-5-14)18-10-11-22-16-8-6-15(13-21)7-9-16/h1-9,21H,10-13H2,(H,18,19). The van der Waals surface area contributed by atoms with Gasteiger partial charge in [-0.05, 0) is 23.3 Å². The number of ether oxygens (including phenoxy) is 1.